The van der Waals surface area contributed by atoms with Crippen LogP contribution in [0.15, 0.2) is 57.4 Å². The Morgan fingerprint density at radius 2 is 1.93 bits per heavy atom. The van der Waals surface area contributed by atoms with Crippen LogP contribution in [0.2, 0.25) is 0 Å². The van der Waals surface area contributed by atoms with Gasteiger partial charge in [-0.1, -0.05) is 30.3 Å². The van der Waals surface area contributed by atoms with Gasteiger partial charge in [0.15, 0.2) is 11.5 Å². The molecule has 0 unspecified atom stereocenters. The molecule has 0 bridgehead atoms. The smallest absolute Gasteiger partial charge is 0.203 e. The zero-order valence-corrected chi connectivity index (χ0v) is 17.5. The van der Waals surface area contributed by atoms with Crippen molar-refractivity contribution in [3.8, 4) is 22.8 Å². The lowest BCUT2D eigenvalue weighted by atomic mass is 10.2. The lowest BCUT2D eigenvalue weighted by Crippen LogP contribution is -2.00. The molecular formula is C20H20BrN3O2S. The summed E-state index contributed by atoms with van der Waals surface area (Å²) < 4.78 is 12.2. The van der Waals surface area contributed by atoms with E-state index in [1.54, 1.807) is 6.21 Å². The van der Waals surface area contributed by atoms with E-state index in [0.717, 1.165) is 26.4 Å². The lowest BCUT2D eigenvalue weighted by Gasteiger charge is -2.13. The van der Waals surface area contributed by atoms with E-state index in [2.05, 4.69) is 31.4 Å². The average molecular weight is 446 g/mol. The molecule has 3 aromatic rings. The zero-order valence-electron chi connectivity index (χ0n) is 15.1. The number of ether oxygens (including phenoxy) is 2. The fraction of sp³-hybridized carbons (Fsp3) is 0.200. The van der Waals surface area contributed by atoms with Crippen molar-refractivity contribution in [1.82, 2.24) is 4.98 Å². The Labute approximate surface area is 171 Å². The molecule has 0 spiro atoms. The predicted molar refractivity (Wildman–Crippen MR) is 115 cm³/mol. The van der Waals surface area contributed by atoms with Crippen molar-refractivity contribution in [1.29, 1.82) is 0 Å². The molecule has 0 radical (unpaired) electrons. The monoisotopic (exact) mass is 445 g/mol. The van der Waals surface area contributed by atoms with Gasteiger partial charge < -0.3 is 9.47 Å². The number of halogens is 1. The highest BCUT2D eigenvalue weighted by atomic mass is 79.9. The van der Waals surface area contributed by atoms with E-state index in [0.29, 0.717) is 24.7 Å². The molecule has 0 aliphatic rings. The summed E-state index contributed by atoms with van der Waals surface area (Å²) in [5.41, 5.74) is 5.89. The number of hydrazone groups is 1. The van der Waals surface area contributed by atoms with Crippen molar-refractivity contribution in [2.75, 3.05) is 18.6 Å². The Morgan fingerprint density at radius 3 is 2.67 bits per heavy atom. The second kappa shape index (κ2) is 9.53. The highest BCUT2D eigenvalue weighted by Crippen LogP contribution is 2.36. The molecule has 5 nitrogen and oxygen atoms in total. The van der Waals surface area contributed by atoms with Crippen LogP contribution < -0.4 is 14.9 Å². The summed E-state index contributed by atoms with van der Waals surface area (Å²) in [7, 11) is 0. The van der Waals surface area contributed by atoms with Gasteiger partial charge in [0.05, 0.1) is 29.6 Å². The molecule has 7 heteroatoms. The molecule has 0 aliphatic carbocycles. The molecule has 2 aromatic carbocycles. The minimum absolute atomic E-state index is 0.562. The molecule has 0 fully saturated rings. The van der Waals surface area contributed by atoms with Crippen LogP contribution in [0.25, 0.3) is 11.3 Å². The van der Waals surface area contributed by atoms with Gasteiger partial charge in [-0.15, -0.1) is 11.3 Å². The fourth-order valence-corrected chi connectivity index (χ4v) is 3.68. The van der Waals surface area contributed by atoms with Gasteiger partial charge in [-0.25, -0.2) is 4.98 Å². The molecule has 0 atom stereocenters. The zero-order chi connectivity index (χ0) is 19.1. The summed E-state index contributed by atoms with van der Waals surface area (Å²) in [5.74, 6) is 1.40. The van der Waals surface area contributed by atoms with Crippen LogP contribution in [0, 0.1) is 0 Å². The standard InChI is InChI=1S/C20H20BrN3O2S/c1-3-25-18-11-14(10-16(21)19(18)26-4-2)12-22-24-20-23-17(13-27-20)15-8-6-5-7-9-15/h5-13H,3-4H2,1-2H3,(H,23,24). The minimum atomic E-state index is 0.562. The Balaban J connectivity index is 1.72. The normalized spacial score (nSPS) is 10.9. The molecular weight excluding hydrogens is 426 g/mol. The predicted octanol–water partition coefficient (Wildman–Crippen LogP) is 5.82. The first kappa shape index (κ1) is 19.4. The summed E-state index contributed by atoms with van der Waals surface area (Å²) >= 11 is 5.05. The number of aromatic nitrogens is 1. The molecule has 0 saturated carbocycles. The number of nitrogens with zero attached hydrogens (tertiary/aromatic N) is 2. The van der Waals surface area contributed by atoms with Gasteiger partial charge in [0.25, 0.3) is 0 Å². The lowest BCUT2D eigenvalue weighted by molar-refractivity contribution is 0.286. The molecule has 0 saturated heterocycles. The Hall–Kier alpha value is -2.38. The second-order valence-corrected chi connectivity index (χ2v) is 7.18. The highest BCUT2D eigenvalue weighted by molar-refractivity contribution is 9.10. The first-order chi connectivity index (χ1) is 13.2. The topological polar surface area (TPSA) is 55.7 Å². The highest BCUT2D eigenvalue weighted by Gasteiger charge is 2.11. The van der Waals surface area contributed by atoms with Crippen LogP contribution in [-0.2, 0) is 0 Å². The summed E-state index contributed by atoms with van der Waals surface area (Å²) in [4.78, 5) is 4.55. The number of hydrogen-bond acceptors (Lipinski definition) is 6. The summed E-state index contributed by atoms with van der Waals surface area (Å²) in [6, 6.07) is 13.9. The number of hydrogen-bond donors (Lipinski definition) is 1. The van der Waals surface area contributed by atoms with Gasteiger partial charge in [-0.3, -0.25) is 5.43 Å². The molecule has 27 heavy (non-hydrogen) atoms. The SMILES string of the molecule is CCOc1cc(C=NNc2nc(-c3ccccc3)cs2)cc(Br)c1OCC. The number of rotatable bonds is 8. The maximum absolute atomic E-state index is 5.68. The minimum Gasteiger partial charge on any atom is -0.490 e. The van der Waals surface area contributed by atoms with Crippen molar-refractivity contribution < 1.29 is 9.47 Å². The Morgan fingerprint density at radius 1 is 1.15 bits per heavy atom. The molecule has 0 amide bonds. The third-order valence-corrected chi connectivity index (χ3v) is 4.90. The molecule has 0 aliphatic heterocycles. The quantitative estimate of drug-likeness (QED) is 0.350. The van der Waals surface area contributed by atoms with E-state index >= 15 is 0 Å². The Bertz CT molecular complexity index is 913. The Kier molecular flexibility index (Phi) is 6.84. The van der Waals surface area contributed by atoms with E-state index < -0.39 is 0 Å². The van der Waals surface area contributed by atoms with Gasteiger partial charge in [0.1, 0.15) is 0 Å². The van der Waals surface area contributed by atoms with Crippen LogP contribution in [0.5, 0.6) is 11.5 Å². The van der Waals surface area contributed by atoms with E-state index in [9.17, 15) is 0 Å². The van der Waals surface area contributed by atoms with Crippen molar-refractivity contribution >= 4 is 38.6 Å². The number of nitrogens with one attached hydrogen (secondary N) is 1. The first-order valence-electron chi connectivity index (χ1n) is 8.60. The largest absolute Gasteiger partial charge is 0.490 e. The van der Waals surface area contributed by atoms with E-state index in [1.165, 1.54) is 11.3 Å². The van der Waals surface area contributed by atoms with Gasteiger partial charge in [-0.05, 0) is 47.5 Å². The second-order valence-electron chi connectivity index (χ2n) is 5.47. The first-order valence-corrected chi connectivity index (χ1v) is 10.3. The van der Waals surface area contributed by atoms with Gasteiger partial charge in [-0.2, -0.15) is 5.10 Å². The molecule has 1 aromatic heterocycles. The van der Waals surface area contributed by atoms with Crippen LogP contribution in [0.3, 0.4) is 0 Å². The number of thiazole rings is 1. The molecule has 1 N–H and O–H groups in total. The van der Waals surface area contributed by atoms with E-state index in [-0.39, 0.29) is 0 Å². The third kappa shape index (κ3) is 5.08. The summed E-state index contributed by atoms with van der Waals surface area (Å²) in [5, 5.41) is 7.04. The van der Waals surface area contributed by atoms with E-state index in [4.69, 9.17) is 9.47 Å². The van der Waals surface area contributed by atoms with Crippen molar-refractivity contribution in [3.05, 3.63) is 57.9 Å². The van der Waals surface area contributed by atoms with Crippen molar-refractivity contribution in [2.45, 2.75) is 13.8 Å². The van der Waals surface area contributed by atoms with Crippen LogP contribution in [0.4, 0.5) is 5.13 Å². The summed E-state index contributed by atoms with van der Waals surface area (Å²) in [6.07, 6.45) is 1.73. The summed E-state index contributed by atoms with van der Waals surface area (Å²) in [6.45, 7) is 5.02. The van der Waals surface area contributed by atoms with Gasteiger partial charge in [0, 0.05) is 10.9 Å². The maximum Gasteiger partial charge on any atom is 0.203 e. The maximum atomic E-state index is 5.68. The molecule has 140 valence electrons. The van der Waals surface area contributed by atoms with E-state index in [1.807, 2.05) is 61.7 Å². The van der Waals surface area contributed by atoms with Gasteiger partial charge >= 0.3 is 0 Å². The molecule has 1 heterocycles. The van der Waals surface area contributed by atoms with Crippen LogP contribution in [-0.4, -0.2) is 24.4 Å². The fourth-order valence-electron chi connectivity index (χ4n) is 2.44. The number of anilines is 1. The van der Waals surface area contributed by atoms with Gasteiger partial charge in [0.2, 0.25) is 5.13 Å². The van der Waals surface area contributed by atoms with Crippen LogP contribution >= 0.6 is 27.3 Å². The molecule has 3 rings (SSSR count). The van der Waals surface area contributed by atoms with Crippen molar-refractivity contribution in [2.24, 2.45) is 5.10 Å². The van der Waals surface area contributed by atoms with Crippen molar-refractivity contribution in [3.63, 3.8) is 0 Å². The third-order valence-electron chi connectivity index (χ3n) is 3.57. The number of benzene rings is 2. The van der Waals surface area contributed by atoms with Crippen LogP contribution in [0.1, 0.15) is 19.4 Å². The average Bonchev–Trinajstić information content (AvgIpc) is 3.14.